The first-order chi connectivity index (χ1) is 13.8. The zero-order valence-electron chi connectivity index (χ0n) is 15.9. The Labute approximate surface area is 164 Å². The van der Waals surface area contributed by atoms with Crippen LogP contribution in [0.15, 0.2) is 18.3 Å². The summed E-state index contributed by atoms with van der Waals surface area (Å²) in [5.41, 5.74) is 2.55. The molecule has 3 aromatic rings. The SMILES string of the molecule is Cc1nn(C)c2nc(C3CC3)cc(C(=O)N3CC[C@@H](C(F)(F)F)n4nccc43)c12. The van der Waals surface area contributed by atoms with Crippen molar-refractivity contribution in [2.75, 3.05) is 11.4 Å². The number of halogens is 3. The third kappa shape index (κ3) is 2.80. The highest BCUT2D eigenvalue weighted by atomic mass is 19.4. The fourth-order valence-corrected chi connectivity index (χ4v) is 4.12. The Kier molecular flexibility index (Phi) is 3.78. The van der Waals surface area contributed by atoms with Crippen LogP contribution in [0.4, 0.5) is 19.0 Å². The number of anilines is 1. The molecular weight excluding hydrogens is 385 g/mol. The monoisotopic (exact) mass is 404 g/mol. The molecule has 152 valence electrons. The summed E-state index contributed by atoms with van der Waals surface area (Å²) in [6.07, 6.45) is -1.31. The Hall–Kier alpha value is -2.91. The molecule has 29 heavy (non-hydrogen) atoms. The molecule has 0 saturated heterocycles. The van der Waals surface area contributed by atoms with Crippen LogP contribution in [0.3, 0.4) is 0 Å². The number of aromatic nitrogens is 5. The highest BCUT2D eigenvalue weighted by molar-refractivity contribution is 6.13. The van der Waals surface area contributed by atoms with Crippen molar-refractivity contribution in [1.82, 2.24) is 24.5 Å². The molecule has 4 heterocycles. The Balaban J connectivity index is 1.62. The van der Waals surface area contributed by atoms with Crippen molar-refractivity contribution < 1.29 is 18.0 Å². The van der Waals surface area contributed by atoms with Crippen LogP contribution >= 0.6 is 0 Å². The average Bonchev–Trinajstić information content (AvgIpc) is 3.33. The smallest absolute Gasteiger partial charge is 0.293 e. The Bertz CT molecular complexity index is 1130. The van der Waals surface area contributed by atoms with E-state index in [1.807, 2.05) is 0 Å². The molecule has 1 aliphatic carbocycles. The quantitative estimate of drug-likeness (QED) is 0.656. The minimum absolute atomic E-state index is 0.0312. The highest BCUT2D eigenvalue weighted by Gasteiger charge is 2.46. The number of pyridine rings is 1. The van der Waals surface area contributed by atoms with Crippen LogP contribution in [0, 0.1) is 6.92 Å². The van der Waals surface area contributed by atoms with Gasteiger partial charge < -0.3 is 0 Å². The molecule has 0 spiro atoms. The largest absolute Gasteiger partial charge is 0.410 e. The van der Waals surface area contributed by atoms with Crippen LogP contribution in [-0.2, 0) is 7.05 Å². The summed E-state index contributed by atoms with van der Waals surface area (Å²) in [6, 6.07) is 1.51. The number of hydrogen-bond acceptors (Lipinski definition) is 4. The lowest BCUT2D eigenvalue weighted by Crippen LogP contribution is -2.43. The number of carbonyl (C=O) groups excluding carboxylic acids is 1. The van der Waals surface area contributed by atoms with Gasteiger partial charge in [0.25, 0.3) is 5.91 Å². The maximum Gasteiger partial charge on any atom is 0.410 e. The third-order valence-electron chi connectivity index (χ3n) is 5.68. The fraction of sp³-hybridized carbons (Fsp3) is 0.474. The molecule has 7 nitrogen and oxygen atoms in total. The topological polar surface area (TPSA) is 68.8 Å². The van der Waals surface area contributed by atoms with Gasteiger partial charge in [0.15, 0.2) is 11.7 Å². The Morgan fingerprint density at radius 1 is 1.24 bits per heavy atom. The summed E-state index contributed by atoms with van der Waals surface area (Å²) in [5.74, 6) is 0.128. The summed E-state index contributed by atoms with van der Waals surface area (Å²) in [6.45, 7) is 1.77. The number of carbonyl (C=O) groups is 1. The van der Waals surface area contributed by atoms with Crippen LogP contribution in [0.5, 0.6) is 0 Å². The van der Waals surface area contributed by atoms with Crippen molar-refractivity contribution in [3.05, 3.63) is 35.3 Å². The minimum atomic E-state index is -4.42. The zero-order chi connectivity index (χ0) is 20.5. The second-order valence-electron chi connectivity index (χ2n) is 7.71. The maximum atomic E-state index is 13.5. The van der Waals surface area contributed by atoms with Crippen molar-refractivity contribution in [1.29, 1.82) is 0 Å². The number of aryl methyl sites for hydroxylation is 2. The number of hydrogen-bond donors (Lipinski definition) is 0. The van der Waals surface area contributed by atoms with E-state index in [1.54, 1.807) is 24.7 Å². The van der Waals surface area contributed by atoms with E-state index in [0.29, 0.717) is 28.2 Å². The maximum absolute atomic E-state index is 13.5. The van der Waals surface area contributed by atoms with Gasteiger partial charge in [-0.2, -0.15) is 23.4 Å². The number of alkyl halides is 3. The van der Waals surface area contributed by atoms with Crippen LogP contribution in [0.2, 0.25) is 0 Å². The van der Waals surface area contributed by atoms with Gasteiger partial charge >= 0.3 is 6.18 Å². The summed E-state index contributed by atoms with van der Waals surface area (Å²) in [4.78, 5) is 19.6. The molecule has 1 fully saturated rings. The number of fused-ring (bicyclic) bond motifs is 2. The van der Waals surface area contributed by atoms with Gasteiger partial charge in [0.1, 0.15) is 5.82 Å². The number of amides is 1. The molecule has 1 aliphatic heterocycles. The molecule has 0 aromatic carbocycles. The van der Waals surface area contributed by atoms with Crippen LogP contribution in [0.1, 0.15) is 53.0 Å². The van der Waals surface area contributed by atoms with Gasteiger partial charge in [0.2, 0.25) is 0 Å². The second-order valence-corrected chi connectivity index (χ2v) is 7.71. The van der Waals surface area contributed by atoms with Gasteiger partial charge in [0.05, 0.1) is 22.8 Å². The molecule has 3 aromatic heterocycles. The number of rotatable bonds is 2. The van der Waals surface area contributed by atoms with Crippen LogP contribution in [0.25, 0.3) is 11.0 Å². The average molecular weight is 404 g/mol. The Morgan fingerprint density at radius 2 is 2.00 bits per heavy atom. The van der Waals surface area contributed by atoms with Crippen molar-refractivity contribution in [3.63, 3.8) is 0 Å². The van der Waals surface area contributed by atoms with Crippen molar-refractivity contribution in [2.45, 2.75) is 44.3 Å². The van der Waals surface area contributed by atoms with Gasteiger partial charge in [-0.15, -0.1) is 0 Å². The van der Waals surface area contributed by atoms with Crippen molar-refractivity contribution in [3.8, 4) is 0 Å². The van der Waals surface area contributed by atoms with Crippen molar-refractivity contribution >= 4 is 22.8 Å². The van der Waals surface area contributed by atoms with Gasteiger partial charge in [-0.3, -0.25) is 14.4 Å². The molecule has 1 amide bonds. The predicted molar refractivity (Wildman–Crippen MR) is 98.8 cm³/mol. The van der Waals surface area contributed by atoms with E-state index in [1.165, 1.54) is 17.2 Å². The van der Waals surface area contributed by atoms with Gasteiger partial charge in [-0.1, -0.05) is 0 Å². The van der Waals surface area contributed by atoms with E-state index in [2.05, 4.69) is 15.2 Å². The van der Waals surface area contributed by atoms with Crippen molar-refractivity contribution in [2.24, 2.45) is 7.05 Å². The lowest BCUT2D eigenvalue weighted by Gasteiger charge is -2.34. The minimum Gasteiger partial charge on any atom is -0.293 e. The van der Waals surface area contributed by atoms with Gasteiger partial charge in [0, 0.05) is 31.3 Å². The Morgan fingerprint density at radius 3 is 2.69 bits per heavy atom. The molecule has 0 radical (unpaired) electrons. The summed E-state index contributed by atoms with van der Waals surface area (Å²) < 4.78 is 42.7. The van der Waals surface area contributed by atoms with Gasteiger partial charge in [-0.05, 0) is 32.3 Å². The highest BCUT2D eigenvalue weighted by Crippen LogP contribution is 2.42. The van der Waals surface area contributed by atoms with E-state index in [0.717, 1.165) is 23.2 Å². The molecule has 2 aliphatic rings. The molecule has 10 heteroatoms. The molecule has 0 bridgehead atoms. The third-order valence-corrected chi connectivity index (χ3v) is 5.68. The summed E-state index contributed by atoms with van der Waals surface area (Å²) in [7, 11) is 1.77. The lowest BCUT2D eigenvalue weighted by molar-refractivity contribution is -0.172. The molecule has 1 atom stereocenters. The van der Waals surface area contributed by atoms with Gasteiger partial charge in [-0.25, -0.2) is 9.67 Å². The number of nitrogens with zero attached hydrogens (tertiary/aromatic N) is 6. The molecule has 0 N–H and O–H groups in total. The molecule has 5 rings (SSSR count). The molecule has 0 unspecified atom stereocenters. The van der Waals surface area contributed by atoms with E-state index >= 15 is 0 Å². The van der Waals surface area contributed by atoms with E-state index in [-0.39, 0.29) is 24.7 Å². The second kappa shape index (κ2) is 6.04. The first kappa shape index (κ1) is 18.1. The first-order valence-electron chi connectivity index (χ1n) is 9.52. The lowest BCUT2D eigenvalue weighted by atomic mass is 10.0. The van der Waals surface area contributed by atoms with E-state index < -0.39 is 12.2 Å². The zero-order valence-corrected chi connectivity index (χ0v) is 15.9. The molecular formula is C19H19F3N6O. The fourth-order valence-electron chi connectivity index (χ4n) is 4.12. The first-order valence-corrected chi connectivity index (χ1v) is 9.52. The predicted octanol–water partition coefficient (Wildman–Crippen LogP) is 3.50. The van der Waals surface area contributed by atoms with E-state index in [4.69, 9.17) is 0 Å². The van der Waals surface area contributed by atoms with Crippen LogP contribution in [-0.4, -0.2) is 43.2 Å². The van der Waals surface area contributed by atoms with E-state index in [9.17, 15) is 18.0 Å². The molecule has 1 saturated carbocycles. The summed E-state index contributed by atoms with van der Waals surface area (Å²) >= 11 is 0. The normalized spacial score (nSPS) is 19.6. The van der Waals surface area contributed by atoms with Crippen LogP contribution < -0.4 is 4.90 Å². The standard InChI is InChI=1S/C19H19F3N6O/c1-10-16-12(9-13(11-3-4-11)24-17(16)26(2)25-10)18(29)27-8-6-14(19(20,21)22)28-15(27)5-7-23-28/h5,7,9,11,14H,3-4,6,8H2,1-2H3/t14-/m0/s1. The summed E-state index contributed by atoms with van der Waals surface area (Å²) in [5, 5.41) is 8.88.